The monoisotopic (exact) mass is 404 g/mol. The van der Waals surface area contributed by atoms with Gasteiger partial charge in [0.05, 0.1) is 41.7 Å². The van der Waals surface area contributed by atoms with Crippen LogP contribution in [-0.2, 0) is 5.88 Å². The van der Waals surface area contributed by atoms with Crippen molar-refractivity contribution in [2.75, 3.05) is 14.2 Å². The highest BCUT2D eigenvalue weighted by Gasteiger charge is 2.21. The Morgan fingerprint density at radius 1 is 1.07 bits per heavy atom. The van der Waals surface area contributed by atoms with Gasteiger partial charge in [-0.2, -0.15) is 0 Å². The van der Waals surface area contributed by atoms with Gasteiger partial charge in [-0.25, -0.2) is 4.57 Å². The molecule has 7 nitrogen and oxygen atoms in total. The maximum Gasteiger partial charge on any atom is 0.267 e. The zero-order valence-corrected chi connectivity index (χ0v) is 16.0. The largest absolute Gasteiger partial charge is 0.495 e. The molecule has 4 aromatic rings. The lowest BCUT2D eigenvalue weighted by atomic mass is 10.2. The Labute approximate surface area is 163 Å². The lowest BCUT2D eigenvalue weighted by molar-refractivity contribution is 0.401. The highest BCUT2D eigenvalue weighted by atomic mass is 35.5. The molecule has 0 saturated carbocycles. The Hall–Kier alpha value is -2.77. The number of ether oxygens (including phenoxy) is 2. The summed E-state index contributed by atoms with van der Waals surface area (Å²) in [4.78, 5) is 13.3. The van der Waals surface area contributed by atoms with E-state index in [0.717, 1.165) is 0 Å². The van der Waals surface area contributed by atoms with Crippen molar-refractivity contribution in [2.24, 2.45) is 0 Å². The molecule has 0 unspecified atom stereocenters. The second kappa shape index (κ2) is 6.75. The van der Waals surface area contributed by atoms with Crippen molar-refractivity contribution in [2.45, 2.75) is 5.88 Å². The van der Waals surface area contributed by atoms with Gasteiger partial charge in [-0.1, -0.05) is 23.7 Å². The van der Waals surface area contributed by atoms with Crippen molar-refractivity contribution in [3.8, 4) is 17.2 Å². The number of nitrogens with zero attached hydrogens (tertiary/aromatic N) is 4. The van der Waals surface area contributed by atoms with Crippen molar-refractivity contribution < 1.29 is 9.47 Å². The molecule has 0 aliphatic carbocycles. The van der Waals surface area contributed by atoms with Crippen LogP contribution in [0.5, 0.6) is 11.5 Å². The molecule has 27 heavy (non-hydrogen) atoms. The summed E-state index contributed by atoms with van der Waals surface area (Å²) in [6, 6.07) is 10.4. The maximum atomic E-state index is 13.3. The minimum absolute atomic E-state index is 0.143. The third-order valence-corrected chi connectivity index (χ3v) is 4.84. The predicted molar refractivity (Wildman–Crippen MR) is 104 cm³/mol. The lowest BCUT2D eigenvalue weighted by Gasteiger charge is -2.15. The van der Waals surface area contributed by atoms with Crippen LogP contribution in [0.15, 0.2) is 41.2 Å². The van der Waals surface area contributed by atoms with E-state index in [9.17, 15) is 4.79 Å². The molecule has 2 heterocycles. The Morgan fingerprint density at radius 2 is 1.81 bits per heavy atom. The molecule has 0 radical (unpaired) electrons. The molecule has 0 amide bonds. The number of fused-ring (bicyclic) bond motifs is 3. The van der Waals surface area contributed by atoms with E-state index < -0.39 is 0 Å². The highest BCUT2D eigenvalue weighted by Crippen LogP contribution is 2.35. The van der Waals surface area contributed by atoms with Gasteiger partial charge in [0, 0.05) is 12.1 Å². The molecule has 0 N–H and O–H groups in total. The summed E-state index contributed by atoms with van der Waals surface area (Å²) < 4.78 is 13.9. The second-order valence-corrected chi connectivity index (χ2v) is 6.38. The first kappa shape index (κ1) is 17.6. The molecule has 4 rings (SSSR count). The Bertz CT molecular complexity index is 1230. The Balaban J connectivity index is 2.22. The third-order valence-electron chi connectivity index (χ3n) is 4.31. The molecule has 2 aromatic heterocycles. The number of aromatic nitrogens is 4. The summed E-state index contributed by atoms with van der Waals surface area (Å²) in [5.74, 6) is 1.79. The van der Waals surface area contributed by atoms with Crippen LogP contribution < -0.4 is 15.0 Å². The number of para-hydroxylation sites is 1. The quantitative estimate of drug-likeness (QED) is 0.487. The van der Waals surface area contributed by atoms with E-state index in [4.69, 9.17) is 32.7 Å². The van der Waals surface area contributed by atoms with E-state index in [1.807, 2.05) is 12.1 Å². The van der Waals surface area contributed by atoms with Gasteiger partial charge < -0.3 is 9.47 Å². The number of rotatable bonds is 4. The molecule has 9 heteroatoms. The summed E-state index contributed by atoms with van der Waals surface area (Å²) in [5.41, 5.74) is 0.844. The predicted octanol–water partition coefficient (Wildman–Crippen LogP) is 3.44. The normalized spacial score (nSPS) is 11.3. The fraction of sp³-hybridized carbons (Fsp3) is 0.167. The van der Waals surface area contributed by atoms with Crippen molar-refractivity contribution in [3.63, 3.8) is 0 Å². The molecule has 0 saturated heterocycles. The molecule has 0 aliphatic heterocycles. The first-order valence-corrected chi connectivity index (χ1v) is 8.87. The molecular formula is C18H14Cl2N4O3. The van der Waals surface area contributed by atoms with E-state index in [0.29, 0.717) is 44.7 Å². The summed E-state index contributed by atoms with van der Waals surface area (Å²) in [6.45, 7) is 0. The van der Waals surface area contributed by atoms with Crippen molar-refractivity contribution >= 4 is 39.9 Å². The van der Waals surface area contributed by atoms with Gasteiger partial charge in [0.2, 0.25) is 5.78 Å². The van der Waals surface area contributed by atoms with Crippen LogP contribution in [0.4, 0.5) is 0 Å². The number of hydrogen-bond donors (Lipinski definition) is 0. The van der Waals surface area contributed by atoms with Crippen molar-refractivity contribution in [1.82, 2.24) is 19.2 Å². The summed E-state index contributed by atoms with van der Waals surface area (Å²) in [5, 5.41) is 9.18. The van der Waals surface area contributed by atoms with E-state index in [1.54, 1.807) is 28.7 Å². The fourth-order valence-electron chi connectivity index (χ4n) is 3.08. The number of halogens is 2. The molecule has 2 aromatic carbocycles. The number of benzene rings is 2. The zero-order chi connectivity index (χ0) is 19.1. The van der Waals surface area contributed by atoms with Crippen LogP contribution in [-0.4, -0.2) is 33.4 Å². The van der Waals surface area contributed by atoms with Gasteiger partial charge >= 0.3 is 0 Å². The van der Waals surface area contributed by atoms with Gasteiger partial charge in [-0.15, -0.1) is 21.8 Å². The van der Waals surface area contributed by atoms with Gasteiger partial charge in [0.15, 0.2) is 5.82 Å². The fourth-order valence-corrected chi connectivity index (χ4v) is 3.49. The standard InChI is InChI=1S/C18H14Cl2N4O3/c1-26-14-8-13(15(27-2)7-11(14)20)24-17(25)10-5-3-4-6-12(10)23-16(9-19)21-22-18(23)24/h3-8H,9H2,1-2H3. The topological polar surface area (TPSA) is 70.7 Å². The van der Waals surface area contributed by atoms with Gasteiger partial charge in [-0.3, -0.25) is 9.20 Å². The Kier molecular flexibility index (Phi) is 4.41. The minimum Gasteiger partial charge on any atom is -0.495 e. The third kappa shape index (κ3) is 2.62. The van der Waals surface area contributed by atoms with Crippen LogP contribution in [0, 0.1) is 0 Å². The average Bonchev–Trinajstić information content (AvgIpc) is 3.12. The summed E-state index contributed by atoms with van der Waals surface area (Å²) >= 11 is 12.2. The molecule has 138 valence electrons. The molecule has 0 spiro atoms. The zero-order valence-electron chi connectivity index (χ0n) is 14.4. The van der Waals surface area contributed by atoms with Crippen LogP contribution in [0.2, 0.25) is 5.02 Å². The van der Waals surface area contributed by atoms with E-state index >= 15 is 0 Å². The Morgan fingerprint density at radius 3 is 2.52 bits per heavy atom. The molecule has 0 atom stereocenters. The minimum atomic E-state index is -0.269. The van der Waals surface area contributed by atoms with Crippen LogP contribution >= 0.6 is 23.2 Å². The van der Waals surface area contributed by atoms with Crippen molar-refractivity contribution in [3.05, 3.63) is 57.6 Å². The molecule has 0 bridgehead atoms. The van der Waals surface area contributed by atoms with Gasteiger partial charge in [0.25, 0.3) is 5.56 Å². The first-order chi connectivity index (χ1) is 13.1. The number of alkyl halides is 1. The molecule has 0 aliphatic rings. The average molecular weight is 405 g/mol. The van der Waals surface area contributed by atoms with Crippen LogP contribution in [0.1, 0.15) is 5.82 Å². The second-order valence-electron chi connectivity index (χ2n) is 5.70. The van der Waals surface area contributed by atoms with Crippen LogP contribution in [0.25, 0.3) is 22.4 Å². The van der Waals surface area contributed by atoms with Crippen molar-refractivity contribution in [1.29, 1.82) is 0 Å². The lowest BCUT2D eigenvalue weighted by Crippen LogP contribution is -2.22. The van der Waals surface area contributed by atoms with Crippen LogP contribution in [0.3, 0.4) is 0 Å². The maximum absolute atomic E-state index is 13.3. The van der Waals surface area contributed by atoms with E-state index in [2.05, 4.69) is 10.2 Å². The molecule has 0 fully saturated rings. The number of hydrogen-bond acceptors (Lipinski definition) is 5. The SMILES string of the molecule is COc1cc(-n2c(=O)c3ccccc3n3c(CCl)nnc23)c(OC)cc1Cl. The van der Waals surface area contributed by atoms with E-state index in [-0.39, 0.29) is 11.4 Å². The van der Waals surface area contributed by atoms with Gasteiger partial charge in [0.1, 0.15) is 11.5 Å². The van der Waals surface area contributed by atoms with Gasteiger partial charge in [-0.05, 0) is 12.1 Å². The smallest absolute Gasteiger partial charge is 0.267 e. The molecular weight excluding hydrogens is 391 g/mol. The summed E-state index contributed by atoms with van der Waals surface area (Å²) in [7, 11) is 3.00. The summed E-state index contributed by atoms with van der Waals surface area (Å²) in [6.07, 6.45) is 0. The van der Waals surface area contributed by atoms with E-state index in [1.165, 1.54) is 18.8 Å². The highest BCUT2D eigenvalue weighted by molar-refractivity contribution is 6.32. The number of methoxy groups -OCH3 is 2. The first-order valence-electron chi connectivity index (χ1n) is 7.96.